The van der Waals surface area contributed by atoms with Gasteiger partial charge in [-0.2, -0.15) is 0 Å². The highest BCUT2D eigenvalue weighted by Gasteiger charge is 2.13. The van der Waals surface area contributed by atoms with Crippen LogP contribution in [0.2, 0.25) is 0 Å². The number of likely N-dealkylation sites (N-methyl/N-ethyl adjacent to an activating group) is 1. The summed E-state index contributed by atoms with van der Waals surface area (Å²) in [6.07, 6.45) is 0.933. The van der Waals surface area contributed by atoms with Crippen molar-refractivity contribution < 1.29 is 4.39 Å². The minimum Gasteiger partial charge on any atom is -0.316 e. The van der Waals surface area contributed by atoms with Crippen molar-refractivity contribution in [1.82, 2.24) is 5.32 Å². The molecule has 0 heterocycles. The van der Waals surface area contributed by atoms with Gasteiger partial charge in [0.1, 0.15) is 5.82 Å². The predicted octanol–water partition coefficient (Wildman–Crippen LogP) is 4.38. The Morgan fingerprint density at radius 2 is 1.90 bits per heavy atom. The fourth-order valence-corrected chi connectivity index (χ4v) is 2.70. The van der Waals surface area contributed by atoms with Gasteiger partial charge in [0.25, 0.3) is 0 Å². The molecule has 0 aliphatic carbocycles. The van der Waals surface area contributed by atoms with Crippen LogP contribution >= 0.6 is 0 Å². The van der Waals surface area contributed by atoms with Crippen LogP contribution in [0.25, 0.3) is 0 Å². The van der Waals surface area contributed by atoms with Crippen molar-refractivity contribution in [2.24, 2.45) is 0 Å². The van der Waals surface area contributed by atoms with Gasteiger partial charge < -0.3 is 5.32 Å². The highest BCUT2D eigenvalue weighted by atomic mass is 19.1. The molecular formula is C19H24FN. The quantitative estimate of drug-likeness (QED) is 0.830. The van der Waals surface area contributed by atoms with Crippen LogP contribution in [0.5, 0.6) is 0 Å². The molecule has 21 heavy (non-hydrogen) atoms. The zero-order chi connectivity index (χ0) is 15.2. The summed E-state index contributed by atoms with van der Waals surface area (Å²) in [5.41, 5.74) is 4.88. The molecule has 2 aromatic carbocycles. The third kappa shape index (κ3) is 4.40. The number of hydrogen-bond donors (Lipinski definition) is 1. The molecule has 0 aliphatic rings. The molecule has 2 aromatic rings. The van der Waals surface area contributed by atoms with Gasteiger partial charge in [0.15, 0.2) is 0 Å². The molecule has 1 unspecified atom stereocenters. The molecule has 2 heteroatoms. The molecule has 0 radical (unpaired) electrons. The van der Waals surface area contributed by atoms with Crippen LogP contribution in [-0.4, -0.2) is 13.1 Å². The second-order valence-electron chi connectivity index (χ2n) is 5.69. The Morgan fingerprint density at radius 1 is 1.10 bits per heavy atom. The zero-order valence-corrected chi connectivity index (χ0v) is 13.1. The number of aryl methyl sites for hydroxylation is 2. The average molecular weight is 285 g/mol. The van der Waals surface area contributed by atoms with Crippen molar-refractivity contribution in [1.29, 1.82) is 0 Å². The molecule has 0 bridgehead atoms. The van der Waals surface area contributed by atoms with Gasteiger partial charge in [0.2, 0.25) is 0 Å². The Morgan fingerprint density at radius 3 is 2.57 bits per heavy atom. The van der Waals surface area contributed by atoms with Gasteiger partial charge in [-0.25, -0.2) is 4.39 Å². The standard InChI is InChI=1S/C19H24FN/c1-4-21-13-18(17-7-5-6-14(2)10-17)12-16-8-9-19(20)11-15(16)3/h5-11,18,21H,4,12-13H2,1-3H3. The first-order chi connectivity index (χ1) is 10.1. The molecule has 0 saturated carbocycles. The van der Waals surface area contributed by atoms with Crippen LogP contribution in [0.4, 0.5) is 4.39 Å². The summed E-state index contributed by atoms with van der Waals surface area (Å²) in [6, 6.07) is 13.8. The summed E-state index contributed by atoms with van der Waals surface area (Å²) in [6.45, 7) is 8.13. The molecule has 0 aromatic heterocycles. The number of halogens is 1. The monoisotopic (exact) mass is 285 g/mol. The van der Waals surface area contributed by atoms with E-state index in [9.17, 15) is 4.39 Å². The number of hydrogen-bond acceptors (Lipinski definition) is 1. The number of benzene rings is 2. The van der Waals surface area contributed by atoms with Crippen LogP contribution in [0.3, 0.4) is 0 Å². The Hall–Kier alpha value is -1.67. The molecule has 0 spiro atoms. The smallest absolute Gasteiger partial charge is 0.123 e. The van der Waals surface area contributed by atoms with Crippen LogP contribution < -0.4 is 5.32 Å². The predicted molar refractivity (Wildman–Crippen MR) is 87.3 cm³/mol. The van der Waals surface area contributed by atoms with Gasteiger partial charge in [-0.1, -0.05) is 42.8 Å². The minimum atomic E-state index is -0.157. The molecule has 0 saturated heterocycles. The summed E-state index contributed by atoms with van der Waals surface area (Å²) < 4.78 is 13.3. The summed E-state index contributed by atoms with van der Waals surface area (Å²) in [4.78, 5) is 0. The fraction of sp³-hybridized carbons (Fsp3) is 0.368. The summed E-state index contributed by atoms with van der Waals surface area (Å²) in [5, 5.41) is 3.44. The van der Waals surface area contributed by atoms with E-state index >= 15 is 0 Å². The Bertz CT molecular complexity index is 592. The maximum Gasteiger partial charge on any atom is 0.123 e. The summed E-state index contributed by atoms with van der Waals surface area (Å²) in [7, 11) is 0. The van der Waals surface area contributed by atoms with Gasteiger partial charge in [-0.05, 0) is 55.6 Å². The average Bonchev–Trinajstić information content (AvgIpc) is 2.45. The first kappa shape index (κ1) is 15.7. The van der Waals surface area contributed by atoms with E-state index in [4.69, 9.17) is 0 Å². The van der Waals surface area contributed by atoms with Gasteiger partial charge in [0, 0.05) is 12.5 Å². The molecule has 1 nitrogen and oxygen atoms in total. The van der Waals surface area contributed by atoms with E-state index in [-0.39, 0.29) is 5.82 Å². The first-order valence-corrected chi connectivity index (χ1v) is 7.62. The van der Waals surface area contributed by atoms with Crippen molar-refractivity contribution in [3.05, 3.63) is 70.5 Å². The zero-order valence-electron chi connectivity index (χ0n) is 13.1. The SMILES string of the molecule is CCNCC(Cc1ccc(F)cc1C)c1cccc(C)c1. The van der Waals surface area contributed by atoms with Crippen molar-refractivity contribution in [2.45, 2.75) is 33.1 Å². The summed E-state index contributed by atoms with van der Waals surface area (Å²) in [5.74, 6) is 0.254. The Kier molecular flexibility index (Phi) is 5.51. The van der Waals surface area contributed by atoms with Crippen LogP contribution in [0.15, 0.2) is 42.5 Å². The van der Waals surface area contributed by atoms with Crippen molar-refractivity contribution >= 4 is 0 Å². The molecule has 0 aliphatic heterocycles. The lowest BCUT2D eigenvalue weighted by molar-refractivity contribution is 0.590. The number of nitrogens with one attached hydrogen (secondary N) is 1. The highest BCUT2D eigenvalue weighted by molar-refractivity contribution is 5.32. The van der Waals surface area contributed by atoms with E-state index in [1.807, 2.05) is 13.0 Å². The Labute approximate surface area is 127 Å². The van der Waals surface area contributed by atoms with Crippen LogP contribution in [-0.2, 0) is 6.42 Å². The highest BCUT2D eigenvalue weighted by Crippen LogP contribution is 2.23. The van der Waals surface area contributed by atoms with Gasteiger partial charge in [-0.15, -0.1) is 0 Å². The van der Waals surface area contributed by atoms with E-state index in [0.717, 1.165) is 25.1 Å². The fourth-order valence-electron chi connectivity index (χ4n) is 2.70. The third-order valence-corrected chi connectivity index (χ3v) is 3.93. The lowest BCUT2D eigenvalue weighted by Gasteiger charge is -2.19. The molecule has 0 fully saturated rings. The molecule has 1 atom stereocenters. The van der Waals surface area contributed by atoms with Crippen molar-refractivity contribution in [3.63, 3.8) is 0 Å². The van der Waals surface area contributed by atoms with Gasteiger partial charge in [0.05, 0.1) is 0 Å². The van der Waals surface area contributed by atoms with Crippen molar-refractivity contribution in [3.8, 4) is 0 Å². The molecule has 0 amide bonds. The van der Waals surface area contributed by atoms with E-state index in [2.05, 4.69) is 43.4 Å². The Balaban J connectivity index is 2.23. The topological polar surface area (TPSA) is 12.0 Å². The summed E-state index contributed by atoms with van der Waals surface area (Å²) >= 11 is 0. The van der Waals surface area contributed by atoms with E-state index in [1.54, 1.807) is 12.1 Å². The van der Waals surface area contributed by atoms with E-state index < -0.39 is 0 Å². The number of rotatable bonds is 6. The van der Waals surface area contributed by atoms with Gasteiger partial charge >= 0.3 is 0 Å². The van der Waals surface area contributed by atoms with Gasteiger partial charge in [-0.3, -0.25) is 0 Å². The maximum absolute atomic E-state index is 13.3. The van der Waals surface area contributed by atoms with Crippen LogP contribution in [0.1, 0.15) is 35.1 Å². The van der Waals surface area contributed by atoms with Crippen molar-refractivity contribution in [2.75, 3.05) is 13.1 Å². The largest absolute Gasteiger partial charge is 0.316 e. The molecule has 2 rings (SSSR count). The van der Waals surface area contributed by atoms with E-state index in [0.29, 0.717) is 5.92 Å². The van der Waals surface area contributed by atoms with E-state index in [1.165, 1.54) is 16.7 Å². The lowest BCUT2D eigenvalue weighted by atomic mass is 9.89. The lowest BCUT2D eigenvalue weighted by Crippen LogP contribution is -2.23. The maximum atomic E-state index is 13.3. The van der Waals surface area contributed by atoms with Crippen LogP contribution in [0, 0.1) is 19.7 Å². The second kappa shape index (κ2) is 7.37. The molecular weight excluding hydrogens is 261 g/mol. The normalized spacial score (nSPS) is 12.4. The molecule has 112 valence electrons. The first-order valence-electron chi connectivity index (χ1n) is 7.62. The molecule has 1 N–H and O–H groups in total. The third-order valence-electron chi connectivity index (χ3n) is 3.93. The minimum absolute atomic E-state index is 0.157. The second-order valence-corrected chi connectivity index (χ2v) is 5.69.